The lowest BCUT2D eigenvalue weighted by atomic mass is 9.71. The first-order valence-electron chi connectivity index (χ1n) is 10.2. The Morgan fingerprint density at radius 3 is 2.57 bits per heavy atom. The van der Waals surface area contributed by atoms with Gasteiger partial charge in [-0.2, -0.15) is 0 Å². The molecule has 5 heteroatoms. The number of hydrogen-bond donors (Lipinski definition) is 1. The molecule has 0 fully saturated rings. The predicted octanol–water partition coefficient (Wildman–Crippen LogP) is 4.44. The van der Waals surface area contributed by atoms with Gasteiger partial charge in [0.05, 0.1) is 6.61 Å². The van der Waals surface area contributed by atoms with Crippen LogP contribution in [0.2, 0.25) is 0 Å². The van der Waals surface area contributed by atoms with Crippen LogP contribution < -0.4 is 5.32 Å². The number of ether oxygens (including phenoxy) is 1. The fourth-order valence-corrected chi connectivity index (χ4v) is 4.31. The van der Waals surface area contributed by atoms with Crippen LogP contribution in [-0.4, -0.2) is 18.4 Å². The van der Waals surface area contributed by atoms with Gasteiger partial charge in [-0.1, -0.05) is 49.0 Å². The first kappa shape index (κ1) is 20.1. The fourth-order valence-electron chi connectivity index (χ4n) is 4.31. The fraction of sp³-hybridized carbons (Fsp3) is 0.280. The van der Waals surface area contributed by atoms with E-state index < -0.39 is 17.8 Å². The summed E-state index contributed by atoms with van der Waals surface area (Å²) >= 11 is 0. The molecule has 4 rings (SSSR count). The lowest BCUT2D eigenvalue weighted by Gasteiger charge is -2.38. The van der Waals surface area contributed by atoms with Crippen molar-refractivity contribution in [1.82, 2.24) is 5.32 Å². The summed E-state index contributed by atoms with van der Waals surface area (Å²) in [5.74, 6) is -2.04. The summed E-state index contributed by atoms with van der Waals surface area (Å²) < 4.78 is 19.1. The highest BCUT2D eigenvalue weighted by molar-refractivity contribution is 6.00. The van der Waals surface area contributed by atoms with Gasteiger partial charge in [-0.3, -0.25) is 9.59 Å². The lowest BCUT2D eigenvalue weighted by molar-refractivity contribution is -0.147. The van der Waals surface area contributed by atoms with Crippen LogP contribution >= 0.6 is 0 Å². The van der Waals surface area contributed by atoms with Crippen molar-refractivity contribution in [1.29, 1.82) is 0 Å². The van der Waals surface area contributed by atoms with E-state index in [0.717, 1.165) is 24.1 Å². The molecule has 154 valence electrons. The molecule has 0 saturated carbocycles. The Labute approximate surface area is 175 Å². The number of benzene rings is 2. The third-order valence-corrected chi connectivity index (χ3v) is 5.75. The van der Waals surface area contributed by atoms with E-state index in [4.69, 9.17) is 4.74 Å². The summed E-state index contributed by atoms with van der Waals surface area (Å²) in [6.07, 6.45) is 2.54. The molecule has 1 aliphatic carbocycles. The van der Waals surface area contributed by atoms with E-state index in [1.165, 1.54) is 12.1 Å². The predicted molar refractivity (Wildman–Crippen MR) is 112 cm³/mol. The molecule has 0 spiro atoms. The van der Waals surface area contributed by atoms with Crippen molar-refractivity contribution in [2.75, 3.05) is 6.61 Å². The van der Waals surface area contributed by atoms with Gasteiger partial charge in [-0.25, -0.2) is 4.39 Å². The Kier molecular flexibility index (Phi) is 5.79. The number of carbonyl (C=O) groups is 2. The molecular formula is C25H24FNO3. The maximum absolute atomic E-state index is 13.5. The van der Waals surface area contributed by atoms with Crippen LogP contribution in [0.25, 0.3) is 0 Å². The molecule has 0 amide bonds. The van der Waals surface area contributed by atoms with Gasteiger partial charge in [-0.05, 0) is 36.1 Å². The molecule has 2 aromatic rings. The van der Waals surface area contributed by atoms with E-state index in [9.17, 15) is 14.0 Å². The van der Waals surface area contributed by atoms with Crippen molar-refractivity contribution in [3.63, 3.8) is 0 Å². The quantitative estimate of drug-likeness (QED) is 0.748. The monoisotopic (exact) mass is 405 g/mol. The summed E-state index contributed by atoms with van der Waals surface area (Å²) in [4.78, 5) is 25.9. The van der Waals surface area contributed by atoms with Gasteiger partial charge < -0.3 is 10.1 Å². The number of carbonyl (C=O) groups excluding carboxylic acids is 2. The second-order valence-corrected chi connectivity index (χ2v) is 7.73. The number of rotatable bonds is 5. The van der Waals surface area contributed by atoms with Gasteiger partial charge in [0, 0.05) is 35.7 Å². The van der Waals surface area contributed by atoms with Crippen LogP contribution in [0.3, 0.4) is 0 Å². The topological polar surface area (TPSA) is 55.4 Å². The highest BCUT2D eigenvalue weighted by Gasteiger charge is 2.43. The number of nitrogens with one attached hydrogen (secondary N) is 1. The summed E-state index contributed by atoms with van der Waals surface area (Å²) in [6, 6.07) is 15.8. The lowest BCUT2D eigenvalue weighted by Crippen LogP contribution is -2.41. The van der Waals surface area contributed by atoms with Crippen LogP contribution in [0.4, 0.5) is 4.39 Å². The van der Waals surface area contributed by atoms with Crippen molar-refractivity contribution >= 4 is 11.8 Å². The van der Waals surface area contributed by atoms with Gasteiger partial charge in [0.25, 0.3) is 0 Å². The number of Topliss-reactive ketones (excluding diaryl/α,β-unsaturated/α-hetero) is 1. The Hall–Kier alpha value is -3.21. The number of esters is 1. The van der Waals surface area contributed by atoms with Gasteiger partial charge in [-0.15, -0.1) is 0 Å². The van der Waals surface area contributed by atoms with Gasteiger partial charge >= 0.3 is 5.97 Å². The molecule has 2 unspecified atom stereocenters. The zero-order valence-electron chi connectivity index (χ0n) is 16.7. The normalized spacial score (nSPS) is 21.1. The Balaban J connectivity index is 1.61. The molecular weight excluding hydrogens is 381 g/mol. The molecule has 4 nitrogen and oxygen atoms in total. The first-order chi connectivity index (χ1) is 14.5. The van der Waals surface area contributed by atoms with Crippen molar-refractivity contribution in [3.05, 3.63) is 95.1 Å². The van der Waals surface area contributed by atoms with Crippen molar-refractivity contribution in [3.8, 4) is 0 Å². The molecule has 1 N–H and O–H groups in total. The number of hydrogen-bond acceptors (Lipinski definition) is 4. The van der Waals surface area contributed by atoms with Gasteiger partial charge in [0.15, 0.2) is 5.78 Å². The maximum atomic E-state index is 13.5. The molecule has 0 radical (unpaired) electrons. The minimum Gasteiger partial charge on any atom is -0.465 e. The van der Waals surface area contributed by atoms with Gasteiger partial charge in [0.1, 0.15) is 11.7 Å². The average molecular weight is 405 g/mol. The van der Waals surface area contributed by atoms with Crippen LogP contribution in [0, 0.1) is 11.7 Å². The maximum Gasteiger partial charge on any atom is 0.315 e. The Morgan fingerprint density at radius 1 is 1.10 bits per heavy atom. The molecule has 1 aliphatic heterocycles. The largest absolute Gasteiger partial charge is 0.465 e. The number of allylic oxidation sites excluding steroid dienone is 2. The molecule has 2 atom stereocenters. The first-order valence-corrected chi connectivity index (χ1v) is 10.2. The zero-order chi connectivity index (χ0) is 21.1. The molecule has 2 aliphatic rings. The van der Waals surface area contributed by atoms with E-state index in [2.05, 4.69) is 11.9 Å². The average Bonchev–Trinajstić information content (AvgIpc) is 2.74. The zero-order valence-corrected chi connectivity index (χ0v) is 16.7. The minimum atomic E-state index is -0.743. The second-order valence-electron chi connectivity index (χ2n) is 7.73. The summed E-state index contributed by atoms with van der Waals surface area (Å²) in [7, 11) is 0. The van der Waals surface area contributed by atoms with Crippen molar-refractivity contribution < 1.29 is 18.7 Å². The molecule has 2 aromatic carbocycles. The van der Waals surface area contributed by atoms with Crippen molar-refractivity contribution in [2.24, 2.45) is 5.92 Å². The summed E-state index contributed by atoms with van der Waals surface area (Å²) in [5.41, 5.74) is 3.73. The third kappa shape index (κ3) is 4.06. The van der Waals surface area contributed by atoms with E-state index in [-0.39, 0.29) is 18.2 Å². The smallest absolute Gasteiger partial charge is 0.315 e. The van der Waals surface area contributed by atoms with E-state index in [1.807, 2.05) is 30.3 Å². The van der Waals surface area contributed by atoms with E-state index >= 15 is 0 Å². The number of ketones is 1. The minimum absolute atomic E-state index is 0.0210. The Bertz CT molecular complexity index is 995. The molecule has 30 heavy (non-hydrogen) atoms. The van der Waals surface area contributed by atoms with Gasteiger partial charge in [0.2, 0.25) is 0 Å². The molecule has 0 bridgehead atoms. The van der Waals surface area contributed by atoms with Crippen LogP contribution in [-0.2, 0) is 20.7 Å². The molecule has 0 saturated heterocycles. The SMILES string of the molecule is C=C1NC2=C(C(=O)CCC2)C(c2ccc(F)cc2)C1C(=O)OCCc1ccccc1. The van der Waals surface area contributed by atoms with E-state index in [0.29, 0.717) is 29.7 Å². The van der Waals surface area contributed by atoms with Crippen molar-refractivity contribution in [2.45, 2.75) is 31.6 Å². The third-order valence-electron chi connectivity index (χ3n) is 5.75. The van der Waals surface area contributed by atoms with Crippen LogP contribution in [0.15, 0.2) is 78.1 Å². The van der Waals surface area contributed by atoms with E-state index in [1.54, 1.807) is 12.1 Å². The van der Waals surface area contributed by atoms with Crippen LogP contribution in [0.1, 0.15) is 36.3 Å². The standard InChI is InChI=1S/C25H24FNO3/c1-16-22(25(29)30-15-14-17-6-3-2-4-7-17)23(18-10-12-19(26)13-11-18)24-20(27-16)8-5-9-21(24)28/h2-4,6-7,10-13,22-23,27H,1,5,8-9,14-15H2. The second kappa shape index (κ2) is 8.66. The highest BCUT2D eigenvalue weighted by atomic mass is 19.1. The summed E-state index contributed by atoms with van der Waals surface area (Å²) in [5, 5.41) is 3.19. The molecule has 0 aromatic heterocycles. The highest BCUT2D eigenvalue weighted by Crippen LogP contribution is 2.44. The number of halogens is 1. The molecule has 1 heterocycles. The van der Waals surface area contributed by atoms with Crippen LogP contribution in [0.5, 0.6) is 0 Å². The Morgan fingerprint density at radius 2 is 1.83 bits per heavy atom. The summed E-state index contributed by atoms with van der Waals surface area (Å²) in [6.45, 7) is 4.30.